The lowest BCUT2D eigenvalue weighted by molar-refractivity contribution is 0.414. The number of methoxy groups -OCH3 is 1. The first-order valence-electron chi connectivity index (χ1n) is 4.66. The van der Waals surface area contributed by atoms with Gasteiger partial charge in [0.25, 0.3) is 0 Å². The largest absolute Gasteiger partial charge is 0.497 e. The summed E-state index contributed by atoms with van der Waals surface area (Å²) in [6, 6.07) is 7.40. The van der Waals surface area contributed by atoms with Crippen LogP contribution in [0.25, 0.3) is 0 Å². The maximum Gasteiger partial charge on any atom is 0.118 e. The molecule has 2 nitrogen and oxygen atoms in total. The van der Waals surface area contributed by atoms with Crippen LogP contribution in [-0.4, -0.2) is 17.1 Å². The quantitative estimate of drug-likeness (QED) is 0.766. The zero-order valence-electron chi connectivity index (χ0n) is 8.82. The lowest BCUT2D eigenvalue weighted by atomic mass is 10.3. The van der Waals surface area contributed by atoms with Gasteiger partial charge < -0.3 is 4.74 Å². The second-order valence-corrected chi connectivity index (χ2v) is 5.08. The molecule has 1 rings (SSSR count). The van der Waals surface area contributed by atoms with Crippen molar-refractivity contribution in [2.24, 2.45) is 5.92 Å². The highest BCUT2D eigenvalue weighted by molar-refractivity contribution is 7.85. The fourth-order valence-corrected chi connectivity index (χ4v) is 2.36. The van der Waals surface area contributed by atoms with Crippen molar-refractivity contribution >= 4 is 10.8 Å². The van der Waals surface area contributed by atoms with Crippen molar-refractivity contribution in [1.82, 2.24) is 0 Å². The van der Waals surface area contributed by atoms with E-state index in [2.05, 4.69) is 13.8 Å². The van der Waals surface area contributed by atoms with E-state index in [1.165, 1.54) is 0 Å². The maximum absolute atomic E-state index is 11.7. The van der Waals surface area contributed by atoms with Crippen LogP contribution in [0.2, 0.25) is 0 Å². The summed E-state index contributed by atoms with van der Waals surface area (Å²) in [5, 5.41) is 0. The Kier molecular flexibility index (Phi) is 4.14. The Bertz CT molecular complexity index is 304. The van der Waals surface area contributed by atoms with E-state index >= 15 is 0 Å². The summed E-state index contributed by atoms with van der Waals surface area (Å²) in [4.78, 5) is 0.875. The molecule has 3 heteroatoms. The number of hydrogen-bond acceptors (Lipinski definition) is 2. The van der Waals surface area contributed by atoms with Crippen LogP contribution in [0.3, 0.4) is 0 Å². The van der Waals surface area contributed by atoms with Crippen molar-refractivity contribution in [2.45, 2.75) is 18.7 Å². The molecule has 0 bridgehead atoms. The predicted octanol–water partition coefficient (Wildman–Crippen LogP) is 2.46. The lowest BCUT2D eigenvalue weighted by Crippen LogP contribution is -2.04. The van der Waals surface area contributed by atoms with Crippen LogP contribution in [0.1, 0.15) is 13.8 Å². The fourth-order valence-electron chi connectivity index (χ4n) is 1.13. The molecule has 0 aliphatic carbocycles. The molecule has 0 radical (unpaired) electrons. The smallest absolute Gasteiger partial charge is 0.118 e. The highest BCUT2D eigenvalue weighted by Gasteiger charge is 2.05. The first-order valence-corrected chi connectivity index (χ1v) is 5.98. The molecule has 0 aromatic heterocycles. The Morgan fingerprint density at radius 3 is 2.29 bits per heavy atom. The SMILES string of the molecule is COc1ccc(S(=O)CC(C)C)cc1. The minimum absolute atomic E-state index is 0.456. The molecular formula is C11H16O2S. The molecule has 0 saturated carbocycles. The summed E-state index contributed by atoms with van der Waals surface area (Å²) in [6.45, 7) is 4.14. The molecule has 1 aromatic carbocycles. The molecule has 0 amide bonds. The van der Waals surface area contributed by atoms with Crippen molar-refractivity contribution in [3.8, 4) is 5.75 Å². The Morgan fingerprint density at radius 1 is 1.29 bits per heavy atom. The highest BCUT2D eigenvalue weighted by Crippen LogP contribution is 2.15. The molecule has 0 spiro atoms. The standard InChI is InChI=1S/C11H16O2S/c1-9(2)8-14(12)11-6-4-10(13-3)5-7-11/h4-7,9H,8H2,1-3H3. The van der Waals surface area contributed by atoms with Gasteiger partial charge in [0.05, 0.1) is 17.9 Å². The van der Waals surface area contributed by atoms with Gasteiger partial charge in [-0.1, -0.05) is 13.8 Å². The van der Waals surface area contributed by atoms with E-state index in [1.54, 1.807) is 7.11 Å². The molecule has 1 atom stereocenters. The van der Waals surface area contributed by atoms with Gasteiger partial charge in [0.1, 0.15) is 5.75 Å². The number of rotatable bonds is 4. The molecule has 0 fully saturated rings. The van der Waals surface area contributed by atoms with E-state index in [0.717, 1.165) is 10.6 Å². The van der Waals surface area contributed by atoms with Gasteiger partial charge in [0.15, 0.2) is 0 Å². The molecule has 1 aromatic rings. The van der Waals surface area contributed by atoms with Crippen LogP contribution in [0.15, 0.2) is 29.2 Å². The topological polar surface area (TPSA) is 26.3 Å². The van der Waals surface area contributed by atoms with E-state index in [9.17, 15) is 4.21 Å². The second-order valence-electron chi connectivity index (χ2n) is 3.58. The normalized spacial score (nSPS) is 12.9. The van der Waals surface area contributed by atoms with E-state index < -0.39 is 10.8 Å². The minimum atomic E-state index is -0.879. The van der Waals surface area contributed by atoms with Gasteiger partial charge in [0, 0.05) is 10.6 Å². The summed E-state index contributed by atoms with van der Waals surface area (Å²) in [7, 11) is 0.746. The van der Waals surface area contributed by atoms with E-state index in [-0.39, 0.29) is 0 Å². The van der Waals surface area contributed by atoms with Crippen LogP contribution in [0.5, 0.6) is 5.75 Å². The molecule has 14 heavy (non-hydrogen) atoms. The molecular weight excluding hydrogens is 196 g/mol. The first-order chi connectivity index (χ1) is 6.63. The van der Waals surface area contributed by atoms with Crippen molar-refractivity contribution in [3.63, 3.8) is 0 Å². The van der Waals surface area contributed by atoms with E-state index in [1.807, 2.05) is 24.3 Å². The van der Waals surface area contributed by atoms with Crippen LogP contribution in [0.4, 0.5) is 0 Å². The Balaban J connectivity index is 2.71. The zero-order chi connectivity index (χ0) is 10.6. The number of ether oxygens (including phenoxy) is 1. The Hall–Kier alpha value is -0.830. The molecule has 0 aliphatic rings. The third kappa shape index (κ3) is 3.14. The predicted molar refractivity (Wildman–Crippen MR) is 59.1 cm³/mol. The molecule has 0 saturated heterocycles. The molecule has 0 N–H and O–H groups in total. The van der Waals surface area contributed by atoms with Crippen LogP contribution in [0, 0.1) is 5.92 Å². The molecule has 0 aliphatic heterocycles. The summed E-state index contributed by atoms with van der Waals surface area (Å²) >= 11 is 0. The van der Waals surface area contributed by atoms with Crippen LogP contribution in [-0.2, 0) is 10.8 Å². The van der Waals surface area contributed by atoms with Gasteiger partial charge >= 0.3 is 0 Å². The number of hydrogen-bond donors (Lipinski definition) is 0. The average Bonchev–Trinajstić information content (AvgIpc) is 2.17. The third-order valence-corrected chi connectivity index (χ3v) is 3.57. The number of benzene rings is 1. The van der Waals surface area contributed by atoms with Gasteiger partial charge in [-0.15, -0.1) is 0 Å². The molecule has 78 valence electrons. The van der Waals surface area contributed by atoms with Gasteiger partial charge in [-0.05, 0) is 30.2 Å². The first kappa shape index (κ1) is 11.2. The maximum atomic E-state index is 11.7. The highest BCUT2D eigenvalue weighted by atomic mass is 32.2. The van der Waals surface area contributed by atoms with Crippen molar-refractivity contribution < 1.29 is 8.95 Å². The van der Waals surface area contributed by atoms with Gasteiger partial charge in [0.2, 0.25) is 0 Å². The van der Waals surface area contributed by atoms with Crippen LogP contribution < -0.4 is 4.74 Å². The van der Waals surface area contributed by atoms with Gasteiger partial charge in [-0.25, -0.2) is 0 Å². The minimum Gasteiger partial charge on any atom is -0.497 e. The third-order valence-electron chi connectivity index (χ3n) is 1.81. The van der Waals surface area contributed by atoms with Crippen molar-refractivity contribution in [1.29, 1.82) is 0 Å². The van der Waals surface area contributed by atoms with Gasteiger partial charge in [-0.3, -0.25) is 4.21 Å². The lowest BCUT2D eigenvalue weighted by Gasteiger charge is -2.05. The zero-order valence-corrected chi connectivity index (χ0v) is 9.64. The van der Waals surface area contributed by atoms with Crippen LogP contribution >= 0.6 is 0 Å². The molecule has 1 unspecified atom stereocenters. The Morgan fingerprint density at radius 2 is 1.86 bits per heavy atom. The monoisotopic (exact) mass is 212 g/mol. The summed E-state index contributed by atoms with van der Waals surface area (Å²) in [5.41, 5.74) is 0. The van der Waals surface area contributed by atoms with E-state index in [0.29, 0.717) is 11.7 Å². The summed E-state index contributed by atoms with van der Waals surface area (Å²) < 4.78 is 16.8. The summed E-state index contributed by atoms with van der Waals surface area (Å²) in [5.74, 6) is 1.97. The second kappa shape index (κ2) is 5.15. The fraction of sp³-hybridized carbons (Fsp3) is 0.455. The van der Waals surface area contributed by atoms with Crippen molar-refractivity contribution in [2.75, 3.05) is 12.9 Å². The van der Waals surface area contributed by atoms with E-state index in [4.69, 9.17) is 4.74 Å². The van der Waals surface area contributed by atoms with Gasteiger partial charge in [-0.2, -0.15) is 0 Å². The van der Waals surface area contributed by atoms with Crippen molar-refractivity contribution in [3.05, 3.63) is 24.3 Å². The Labute approximate surface area is 87.7 Å². The molecule has 0 heterocycles. The summed E-state index contributed by atoms with van der Waals surface area (Å²) in [6.07, 6.45) is 0. The average molecular weight is 212 g/mol.